The molecule has 0 heterocycles. The van der Waals surface area contributed by atoms with Gasteiger partial charge in [0.25, 0.3) is 0 Å². The Morgan fingerprint density at radius 2 is 1.89 bits per heavy atom. The molecule has 6 heteroatoms. The molecule has 1 aliphatic rings. The third-order valence-corrected chi connectivity index (χ3v) is 4.86. The number of hydrogen-bond donors (Lipinski definition) is 2. The number of benzene rings is 2. The van der Waals surface area contributed by atoms with Gasteiger partial charge in [0.2, 0.25) is 11.8 Å². The molecule has 0 radical (unpaired) electrons. The van der Waals surface area contributed by atoms with Crippen molar-refractivity contribution in [2.24, 2.45) is 5.92 Å². The number of halogens is 1. The van der Waals surface area contributed by atoms with Gasteiger partial charge in [0, 0.05) is 18.0 Å². The summed E-state index contributed by atoms with van der Waals surface area (Å²) >= 11 is 0. The first kappa shape index (κ1) is 19.9. The van der Waals surface area contributed by atoms with Crippen molar-refractivity contribution in [1.82, 2.24) is 5.32 Å². The summed E-state index contributed by atoms with van der Waals surface area (Å²) in [6.07, 6.45) is 2.66. The molecule has 5 nitrogen and oxygen atoms in total. The summed E-state index contributed by atoms with van der Waals surface area (Å²) in [4.78, 5) is 24.0. The van der Waals surface area contributed by atoms with Crippen LogP contribution in [0.2, 0.25) is 0 Å². The summed E-state index contributed by atoms with van der Waals surface area (Å²) in [5.74, 6) is -0.0998. The lowest BCUT2D eigenvalue weighted by Gasteiger charge is -2.15. The van der Waals surface area contributed by atoms with Crippen LogP contribution in [0.25, 0.3) is 0 Å². The Labute approximate surface area is 164 Å². The van der Waals surface area contributed by atoms with Crippen LogP contribution >= 0.6 is 0 Å². The SMILES string of the molecule is COc1ccc(CCC(=O)NC(C)c2ccc(NC(=O)C3CC3)cc2)cc1F. The number of hydrogen-bond acceptors (Lipinski definition) is 3. The van der Waals surface area contributed by atoms with Crippen molar-refractivity contribution in [3.63, 3.8) is 0 Å². The molecule has 3 rings (SSSR count). The van der Waals surface area contributed by atoms with Gasteiger partial charge in [0.1, 0.15) is 0 Å². The molecule has 2 amide bonds. The zero-order valence-electron chi connectivity index (χ0n) is 16.1. The number of ether oxygens (including phenoxy) is 1. The molecule has 0 saturated heterocycles. The summed E-state index contributed by atoms with van der Waals surface area (Å²) in [7, 11) is 1.42. The van der Waals surface area contributed by atoms with Crippen LogP contribution in [-0.4, -0.2) is 18.9 Å². The van der Waals surface area contributed by atoms with Crippen molar-refractivity contribution in [3.05, 3.63) is 59.4 Å². The second-order valence-electron chi connectivity index (χ2n) is 7.14. The van der Waals surface area contributed by atoms with Gasteiger partial charge >= 0.3 is 0 Å². The van der Waals surface area contributed by atoms with Gasteiger partial charge in [0.15, 0.2) is 11.6 Å². The van der Waals surface area contributed by atoms with Crippen molar-refractivity contribution in [3.8, 4) is 5.75 Å². The number of anilines is 1. The van der Waals surface area contributed by atoms with Gasteiger partial charge in [-0.3, -0.25) is 9.59 Å². The summed E-state index contributed by atoms with van der Waals surface area (Å²) in [5.41, 5.74) is 2.46. The molecule has 2 aromatic carbocycles. The molecule has 1 atom stereocenters. The highest BCUT2D eigenvalue weighted by Gasteiger charge is 2.29. The number of carbonyl (C=O) groups is 2. The van der Waals surface area contributed by atoms with E-state index in [-0.39, 0.29) is 35.9 Å². The second-order valence-corrected chi connectivity index (χ2v) is 7.14. The molecule has 148 valence electrons. The number of aryl methyl sites for hydroxylation is 1. The van der Waals surface area contributed by atoms with E-state index in [2.05, 4.69) is 10.6 Å². The molecule has 1 unspecified atom stereocenters. The van der Waals surface area contributed by atoms with Gasteiger partial charge in [-0.25, -0.2) is 4.39 Å². The maximum atomic E-state index is 13.7. The minimum absolute atomic E-state index is 0.0732. The molecule has 0 aromatic heterocycles. The molecular formula is C22H25FN2O3. The van der Waals surface area contributed by atoms with Crippen molar-refractivity contribution in [2.45, 2.75) is 38.6 Å². The smallest absolute Gasteiger partial charge is 0.227 e. The van der Waals surface area contributed by atoms with E-state index in [9.17, 15) is 14.0 Å². The zero-order valence-corrected chi connectivity index (χ0v) is 16.1. The first-order valence-corrected chi connectivity index (χ1v) is 9.49. The molecular weight excluding hydrogens is 359 g/mol. The molecule has 2 aromatic rings. The lowest BCUT2D eigenvalue weighted by Crippen LogP contribution is -2.26. The van der Waals surface area contributed by atoms with E-state index >= 15 is 0 Å². The van der Waals surface area contributed by atoms with Crippen LogP contribution in [0.4, 0.5) is 10.1 Å². The Balaban J connectivity index is 1.48. The molecule has 0 bridgehead atoms. The van der Waals surface area contributed by atoms with Crippen LogP contribution in [0, 0.1) is 11.7 Å². The third kappa shape index (κ3) is 5.31. The lowest BCUT2D eigenvalue weighted by atomic mass is 10.1. The molecule has 1 saturated carbocycles. The third-order valence-electron chi connectivity index (χ3n) is 4.86. The van der Waals surface area contributed by atoms with Gasteiger partial charge in [-0.05, 0) is 61.6 Å². The molecule has 2 N–H and O–H groups in total. The first-order chi connectivity index (χ1) is 13.5. The van der Waals surface area contributed by atoms with E-state index in [0.717, 1.165) is 29.7 Å². The predicted octanol–water partition coefficient (Wildman–Crippen LogP) is 3.99. The quantitative estimate of drug-likeness (QED) is 0.723. The van der Waals surface area contributed by atoms with Crippen molar-refractivity contribution in [1.29, 1.82) is 0 Å². The van der Waals surface area contributed by atoms with Crippen LogP contribution in [0.15, 0.2) is 42.5 Å². The summed E-state index contributed by atoms with van der Waals surface area (Å²) in [5, 5.41) is 5.84. The van der Waals surface area contributed by atoms with Gasteiger partial charge in [-0.2, -0.15) is 0 Å². The fraction of sp³-hybridized carbons (Fsp3) is 0.364. The molecule has 1 fully saturated rings. The summed E-state index contributed by atoms with van der Waals surface area (Å²) in [6.45, 7) is 1.91. The fourth-order valence-corrected chi connectivity index (χ4v) is 2.97. The normalized spacial score (nSPS) is 14.2. The Kier molecular flexibility index (Phi) is 6.29. The topological polar surface area (TPSA) is 67.4 Å². The minimum atomic E-state index is -0.428. The van der Waals surface area contributed by atoms with Crippen molar-refractivity contribution >= 4 is 17.5 Å². The second kappa shape index (κ2) is 8.87. The standard InChI is InChI=1S/C22H25FN2O3/c1-14(16-7-9-18(10-8-16)25-22(27)17-5-6-17)24-21(26)12-4-15-3-11-20(28-2)19(23)13-15/h3,7-11,13-14,17H,4-6,12H2,1-2H3,(H,24,26)(H,25,27). The maximum absolute atomic E-state index is 13.7. The first-order valence-electron chi connectivity index (χ1n) is 9.49. The monoisotopic (exact) mass is 384 g/mol. The van der Waals surface area contributed by atoms with Gasteiger partial charge < -0.3 is 15.4 Å². The van der Waals surface area contributed by atoms with Gasteiger partial charge in [-0.1, -0.05) is 18.2 Å². The van der Waals surface area contributed by atoms with Crippen LogP contribution < -0.4 is 15.4 Å². The number of amides is 2. The average molecular weight is 384 g/mol. The van der Waals surface area contributed by atoms with E-state index in [1.54, 1.807) is 12.1 Å². The lowest BCUT2D eigenvalue weighted by molar-refractivity contribution is -0.121. The molecule has 28 heavy (non-hydrogen) atoms. The zero-order chi connectivity index (χ0) is 20.1. The Bertz CT molecular complexity index is 847. The Hall–Kier alpha value is -2.89. The molecule has 0 spiro atoms. The highest BCUT2D eigenvalue weighted by atomic mass is 19.1. The van der Waals surface area contributed by atoms with E-state index in [4.69, 9.17) is 4.74 Å². The van der Waals surface area contributed by atoms with Gasteiger partial charge in [0.05, 0.1) is 13.2 Å². The highest BCUT2D eigenvalue weighted by Crippen LogP contribution is 2.30. The van der Waals surface area contributed by atoms with Crippen LogP contribution in [0.3, 0.4) is 0 Å². The summed E-state index contributed by atoms with van der Waals surface area (Å²) < 4.78 is 18.6. The number of carbonyl (C=O) groups excluding carboxylic acids is 2. The highest BCUT2D eigenvalue weighted by molar-refractivity contribution is 5.94. The van der Waals surface area contributed by atoms with Gasteiger partial charge in [-0.15, -0.1) is 0 Å². The van der Waals surface area contributed by atoms with E-state index in [0.29, 0.717) is 6.42 Å². The van der Waals surface area contributed by atoms with Crippen LogP contribution in [0.5, 0.6) is 5.75 Å². The van der Waals surface area contributed by atoms with E-state index < -0.39 is 5.82 Å². The van der Waals surface area contributed by atoms with E-state index in [1.165, 1.54) is 13.2 Å². The predicted molar refractivity (Wildman–Crippen MR) is 106 cm³/mol. The summed E-state index contributed by atoms with van der Waals surface area (Å²) in [6, 6.07) is 12.0. The van der Waals surface area contributed by atoms with Crippen LogP contribution in [0.1, 0.15) is 43.4 Å². The number of nitrogens with one attached hydrogen (secondary N) is 2. The molecule has 0 aliphatic heterocycles. The van der Waals surface area contributed by atoms with Crippen LogP contribution in [-0.2, 0) is 16.0 Å². The number of methoxy groups -OCH3 is 1. The largest absolute Gasteiger partial charge is 0.494 e. The number of rotatable bonds is 8. The van der Waals surface area contributed by atoms with Crippen molar-refractivity contribution < 1.29 is 18.7 Å². The fourth-order valence-electron chi connectivity index (χ4n) is 2.97. The Morgan fingerprint density at radius 1 is 1.18 bits per heavy atom. The Morgan fingerprint density at radius 3 is 2.50 bits per heavy atom. The maximum Gasteiger partial charge on any atom is 0.227 e. The van der Waals surface area contributed by atoms with Crippen molar-refractivity contribution in [2.75, 3.05) is 12.4 Å². The van der Waals surface area contributed by atoms with E-state index in [1.807, 2.05) is 31.2 Å². The minimum Gasteiger partial charge on any atom is -0.494 e. The molecule has 1 aliphatic carbocycles. The average Bonchev–Trinajstić information content (AvgIpc) is 3.52.